The molecule has 3 atom stereocenters. The Morgan fingerprint density at radius 1 is 0.958 bits per heavy atom. The fraction of sp³-hybridized carbons (Fsp3) is 0.472. The highest BCUT2D eigenvalue weighted by Crippen LogP contribution is 2.37. The van der Waals surface area contributed by atoms with Gasteiger partial charge in [-0.2, -0.15) is 5.10 Å². The van der Waals surface area contributed by atoms with Crippen LogP contribution in [0.5, 0.6) is 0 Å². The average Bonchev–Trinajstić information content (AvgIpc) is 3.41. The summed E-state index contributed by atoms with van der Waals surface area (Å²) in [6, 6.07) is 14.7. The van der Waals surface area contributed by atoms with Crippen molar-refractivity contribution in [1.29, 1.82) is 0 Å². The number of carbonyl (C=O) groups excluding carboxylic acids is 3. The summed E-state index contributed by atoms with van der Waals surface area (Å²) in [4.78, 5) is 56.3. The third-order valence-corrected chi connectivity index (χ3v) is 11.3. The van der Waals surface area contributed by atoms with E-state index in [-0.39, 0.29) is 35.7 Å². The lowest BCUT2D eigenvalue weighted by atomic mass is 9.85. The first-order valence-electron chi connectivity index (χ1n) is 16.9. The Hall–Kier alpha value is -3.87. The fourth-order valence-electron chi connectivity index (χ4n) is 8.04. The van der Waals surface area contributed by atoms with Crippen molar-refractivity contribution in [2.45, 2.75) is 69.1 Å². The first kappa shape index (κ1) is 32.7. The van der Waals surface area contributed by atoms with Crippen LogP contribution in [0.1, 0.15) is 76.6 Å². The molecule has 0 aliphatic carbocycles. The van der Waals surface area contributed by atoms with Gasteiger partial charge >= 0.3 is 0 Å². The van der Waals surface area contributed by atoms with Gasteiger partial charge in [-0.05, 0) is 102 Å². The molecule has 48 heavy (non-hydrogen) atoms. The van der Waals surface area contributed by atoms with Gasteiger partial charge in [-0.3, -0.25) is 29.4 Å². The molecule has 0 saturated carbocycles. The van der Waals surface area contributed by atoms with Gasteiger partial charge in [0.05, 0.1) is 11.9 Å². The van der Waals surface area contributed by atoms with E-state index in [1.165, 1.54) is 21.4 Å². The summed E-state index contributed by atoms with van der Waals surface area (Å²) in [7, 11) is 3.79. The number of imide groups is 1. The highest BCUT2D eigenvalue weighted by atomic mass is 79.9. The maximum absolute atomic E-state index is 13.3. The van der Waals surface area contributed by atoms with Crippen molar-refractivity contribution in [2.24, 2.45) is 7.05 Å². The van der Waals surface area contributed by atoms with Gasteiger partial charge in [0.2, 0.25) is 11.8 Å². The molecule has 2 N–H and O–H groups in total. The second-order valence-corrected chi connectivity index (χ2v) is 14.7. The van der Waals surface area contributed by atoms with E-state index in [9.17, 15) is 19.2 Å². The number of piperidine rings is 3. The minimum atomic E-state index is -0.591. The van der Waals surface area contributed by atoms with Crippen LogP contribution in [0.4, 0.5) is 5.69 Å². The number of aromatic nitrogens is 2. The molecule has 0 radical (unpaired) electrons. The average molecular weight is 717 g/mol. The summed E-state index contributed by atoms with van der Waals surface area (Å²) in [6.07, 6.45) is 5.35. The van der Waals surface area contributed by atoms with Crippen molar-refractivity contribution in [1.82, 2.24) is 29.8 Å². The summed E-state index contributed by atoms with van der Waals surface area (Å²) in [6.45, 7) is 5.18. The first-order chi connectivity index (χ1) is 23.1. The number of hydrogen-bond acceptors (Lipinski definition) is 8. The van der Waals surface area contributed by atoms with E-state index in [4.69, 9.17) is 0 Å². The van der Waals surface area contributed by atoms with Gasteiger partial charge in [0.25, 0.3) is 11.5 Å². The van der Waals surface area contributed by atoms with Crippen molar-refractivity contribution in [2.75, 3.05) is 38.5 Å². The monoisotopic (exact) mass is 715 g/mol. The molecular weight excluding hydrogens is 674 g/mol. The summed E-state index contributed by atoms with van der Waals surface area (Å²) in [5, 5.41) is 10.1. The number of amides is 3. The molecule has 2 aromatic carbocycles. The third kappa shape index (κ3) is 6.57. The summed E-state index contributed by atoms with van der Waals surface area (Å²) in [5.41, 5.74) is 6.18. The molecule has 11 nitrogen and oxygen atoms in total. The predicted molar refractivity (Wildman–Crippen MR) is 186 cm³/mol. The molecule has 4 aliphatic rings. The largest absolute Gasteiger partial charge is 0.379 e. The highest BCUT2D eigenvalue weighted by molar-refractivity contribution is 9.10. The molecule has 1 aromatic heterocycles. The van der Waals surface area contributed by atoms with Crippen LogP contribution in [0.3, 0.4) is 0 Å². The number of carbonyl (C=O) groups is 3. The Morgan fingerprint density at radius 2 is 1.73 bits per heavy atom. The smallest absolute Gasteiger partial charge is 0.282 e. The molecule has 252 valence electrons. The summed E-state index contributed by atoms with van der Waals surface area (Å²) < 4.78 is 1.84. The normalized spacial score (nSPS) is 24.1. The lowest BCUT2D eigenvalue weighted by Gasteiger charge is -2.37. The van der Waals surface area contributed by atoms with Gasteiger partial charge in [0, 0.05) is 51.3 Å². The van der Waals surface area contributed by atoms with Gasteiger partial charge in [-0.15, -0.1) is 0 Å². The van der Waals surface area contributed by atoms with E-state index >= 15 is 0 Å². The summed E-state index contributed by atoms with van der Waals surface area (Å²) >= 11 is 3.44. The number of nitrogens with zero attached hydrogens (tertiary/aromatic N) is 5. The number of nitrogens with one attached hydrogen (secondary N) is 2. The molecule has 0 bridgehead atoms. The maximum atomic E-state index is 13.3. The molecule has 1 unspecified atom stereocenters. The second kappa shape index (κ2) is 13.6. The van der Waals surface area contributed by atoms with Crippen LogP contribution in [-0.2, 0) is 29.7 Å². The molecule has 7 rings (SSSR count). The maximum Gasteiger partial charge on any atom is 0.282 e. The van der Waals surface area contributed by atoms with Gasteiger partial charge in [-0.1, -0.05) is 36.4 Å². The Balaban J connectivity index is 0.944. The highest BCUT2D eigenvalue weighted by Gasteiger charge is 2.40. The predicted octanol–water partition coefficient (Wildman–Crippen LogP) is 3.58. The van der Waals surface area contributed by atoms with Crippen molar-refractivity contribution in [3.63, 3.8) is 0 Å². The van der Waals surface area contributed by atoms with Crippen LogP contribution in [0.25, 0.3) is 0 Å². The molecule has 12 heteroatoms. The van der Waals surface area contributed by atoms with Gasteiger partial charge < -0.3 is 15.1 Å². The minimum Gasteiger partial charge on any atom is -0.379 e. The molecule has 0 spiro atoms. The standard InChI is InChI=1S/C36H42BrN7O4/c1-41-19-25(16-26(20-41)39-30-17-38-42(2)36(48)33(30)37)23-8-6-22(7-9-23)18-43-14-12-24(13-15-43)27-4-3-5-28-29(27)21-44(35(28)47)31-10-11-32(45)40-34(31)46/h3-9,17,24-26,31,39H,10-16,18-21H2,1-2H3,(H,40,45,46)/t25-,26+,31?/m0/s1. The fourth-order valence-corrected chi connectivity index (χ4v) is 8.52. The molecular formula is C36H42BrN7O4. The number of rotatable bonds is 7. The quantitative estimate of drug-likeness (QED) is 0.357. The molecule has 4 aliphatic heterocycles. The molecule has 3 fully saturated rings. The van der Waals surface area contributed by atoms with Gasteiger partial charge in [0.15, 0.2) is 0 Å². The zero-order valence-corrected chi connectivity index (χ0v) is 29.0. The van der Waals surface area contributed by atoms with Gasteiger partial charge in [0.1, 0.15) is 10.5 Å². The lowest BCUT2D eigenvalue weighted by molar-refractivity contribution is -0.136. The number of halogens is 1. The van der Waals surface area contributed by atoms with Crippen LogP contribution >= 0.6 is 15.9 Å². The molecule has 3 saturated heterocycles. The Morgan fingerprint density at radius 3 is 2.48 bits per heavy atom. The van der Waals surface area contributed by atoms with Crippen LogP contribution in [0, 0.1) is 0 Å². The number of anilines is 1. The SMILES string of the molecule is CN1C[C@H](Nc2cnn(C)c(=O)c2Br)C[C@H](c2ccc(CN3CCC(c4cccc5c4CN(C4CCC(=O)NC4=O)C5=O)CC3)cc2)C1. The summed E-state index contributed by atoms with van der Waals surface area (Å²) in [5.74, 6) is 0.00487. The Bertz CT molecular complexity index is 1790. The number of likely N-dealkylation sites (N-methyl/N-ethyl adjacent to an activating group) is 1. The topological polar surface area (TPSA) is 120 Å². The minimum absolute atomic E-state index is 0.109. The number of benzene rings is 2. The Kier molecular flexibility index (Phi) is 9.23. The second-order valence-electron chi connectivity index (χ2n) is 13.9. The van der Waals surface area contributed by atoms with E-state index in [1.54, 1.807) is 18.1 Å². The molecule has 5 heterocycles. The molecule has 3 aromatic rings. The van der Waals surface area contributed by atoms with Crippen LogP contribution < -0.4 is 16.2 Å². The van der Waals surface area contributed by atoms with E-state index in [2.05, 4.69) is 78.8 Å². The zero-order chi connectivity index (χ0) is 33.5. The van der Waals surface area contributed by atoms with E-state index < -0.39 is 6.04 Å². The van der Waals surface area contributed by atoms with Crippen LogP contribution in [0.2, 0.25) is 0 Å². The van der Waals surface area contributed by atoms with Crippen molar-refractivity contribution < 1.29 is 14.4 Å². The number of likely N-dealkylation sites (tertiary alicyclic amines) is 2. The van der Waals surface area contributed by atoms with E-state index in [0.717, 1.165) is 63.2 Å². The van der Waals surface area contributed by atoms with Crippen LogP contribution in [0.15, 0.2) is 57.9 Å². The number of hydrogen-bond donors (Lipinski definition) is 2. The number of aryl methyl sites for hydroxylation is 1. The Labute approximate surface area is 288 Å². The third-order valence-electron chi connectivity index (χ3n) is 10.6. The lowest BCUT2D eigenvalue weighted by Crippen LogP contribution is -2.52. The van der Waals surface area contributed by atoms with E-state index in [1.807, 2.05) is 12.1 Å². The van der Waals surface area contributed by atoms with E-state index in [0.29, 0.717) is 34.8 Å². The van der Waals surface area contributed by atoms with Gasteiger partial charge in [-0.25, -0.2) is 4.68 Å². The first-order valence-corrected chi connectivity index (χ1v) is 17.7. The van der Waals surface area contributed by atoms with Crippen molar-refractivity contribution >= 4 is 39.3 Å². The van der Waals surface area contributed by atoms with Crippen molar-refractivity contribution in [3.8, 4) is 0 Å². The van der Waals surface area contributed by atoms with Crippen LogP contribution in [-0.4, -0.2) is 87.5 Å². The number of fused-ring (bicyclic) bond motifs is 1. The zero-order valence-electron chi connectivity index (χ0n) is 27.5. The van der Waals surface area contributed by atoms with Crippen molar-refractivity contribution in [3.05, 3.63) is 91.3 Å². The molecule has 3 amide bonds.